The fraction of sp³-hybridized carbons (Fsp3) is 0.353. The van der Waals surface area contributed by atoms with Gasteiger partial charge in [-0.25, -0.2) is 4.98 Å². The van der Waals surface area contributed by atoms with E-state index in [1.165, 1.54) is 0 Å². The summed E-state index contributed by atoms with van der Waals surface area (Å²) in [7, 11) is 1.75. The van der Waals surface area contributed by atoms with Crippen LogP contribution < -0.4 is 10.6 Å². The van der Waals surface area contributed by atoms with Gasteiger partial charge in [-0.2, -0.15) is 5.26 Å². The first-order chi connectivity index (χ1) is 11.1. The topological polar surface area (TPSA) is 73.1 Å². The second-order valence-corrected chi connectivity index (χ2v) is 6.35. The number of nitrogens with zero attached hydrogens (tertiary/aromatic N) is 3. The smallest absolute Gasteiger partial charge is 0.191 e. The lowest BCUT2D eigenvalue weighted by atomic mass is 10.1. The molecule has 2 rings (SSSR count). The number of thiazole rings is 1. The molecule has 0 unspecified atom stereocenters. The summed E-state index contributed by atoms with van der Waals surface area (Å²) in [4.78, 5) is 8.81. The molecule has 0 radical (unpaired) electrons. The third kappa shape index (κ3) is 6.09. The Bertz CT molecular complexity index is 701. The summed E-state index contributed by atoms with van der Waals surface area (Å²) in [5.74, 6) is 1.18. The molecule has 0 fully saturated rings. The van der Waals surface area contributed by atoms with Crippen molar-refractivity contribution in [2.45, 2.75) is 32.9 Å². The van der Waals surface area contributed by atoms with Gasteiger partial charge in [0.25, 0.3) is 0 Å². The lowest BCUT2D eigenvalue weighted by Crippen LogP contribution is -2.36. The Hall–Kier alpha value is -1.66. The number of nitriles is 1. The lowest BCUT2D eigenvalue weighted by molar-refractivity contribution is 0.785. The van der Waals surface area contributed by atoms with Crippen LogP contribution in [0.4, 0.5) is 0 Å². The first kappa shape index (κ1) is 20.4. The van der Waals surface area contributed by atoms with Crippen molar-refractivity contribution >= 4 is 41.3 Å². The van der Waals surface area contributed by atoms with Crippen LogP contribution in [0.25, 0.3) is 0 Å². The predicted octanol–water partition coefficient (Wildman–Crippen LogP) is 3.62. The normalized spacial score (nSPS) is 10.9. The Morgan fingerprint density at radius 2 is 1.92 bits per heavy atom. The largest absolute Gasteiger partial charge is 0.352 e. The maximum Gasteiger partial charge on any atom is 0.191 e. The van der Waals surface area contributed by atoms with Crippen molar-refractivity contribution in [2.75, 3.05) is 7.05 Å². The summed E-state index contributed by atoms with van der Waals surface area (Å²) >= 11 is 1.66. The third-order valence-electron chi connectivity index (χ3n) is 3.33. The molecule has 0 atom stereocenters. The molecule has 0 spiro atoms. The molecule has 0 aliphatic heterocycles. The highest BCUT2D eigenvalue weighted by atomic mass is 127. The molecular weight excluding hydrogens is 433 g/mol. The van der Waals surface area contributed by atoms with Crippen LogP contribution in [0.5, 0.6) is 0 Å². The quantitative estimate of drug-likeness (QED) is 0.411. The van der Waals surface area contributed by atoms with E-state index in [9.17, 15) is 0 Å². The van der Waals surface area contributed by atoms with Crippen LogP contribution in [-0.4, -0.2) is 18.0 Å². The summed E-state index contributed by atoms with van der Waals surface area (Å²) in [6.45, 7) is 5.60. The Balaban J connectivity index is 0.00000288. The van der Waals surface area contributed by atoms with Crippen molar-refractivity contribution in [3.63, 3.8) is 0 Å². The van der Waals surface area contributed by atoms with E-state index in [0.717, 1.165) is 22.2 Å². The fourth-order valence-corrected chi connectivity index (χ4v) is 2.83. The van der Waals surface area contributed by atoms with Crippen molar-refractivity contribution in [3.05, 3.63) is 51.5 Å². The average molecular weight is 455 g/mol. The molecule has 128 valence electrons. The van der Waals surface area contributed by atoms with Gasteiger partial charge >= 0.3 is 0 Å². The van der Waals surface area contributed by atoms with Gasteiger partial charge in [-0.15, -0.1) is 35.3 Å². The van der Waals surface area contributed by atoms with Gasteiger partial charge in [0.1, 0.15) is 5.01 Å². The number of aromatic nitrogens is 1. The zero-order valence-electron chi connectivity index (χ0n) is 14.0. The van der Waals surface area contributed by atoms with E-state index in [4.69, 9.17) is 5.26 Å². The zero-order chi connectivity index (χ0) is 16.7. The monoisotopic (exact) mass is 455 g/mol. The Labute approximate surface area is 164 Å². The standard InChI is InChI=1S/C17H21N5S.HI/c1-12(2)15-11-23-16(22-15)10-21-17(19-3)20-9-14-6-4-13(8-18)5-7-14;/h4-7,11-12H,9-10H2,1-3H3,(H2,19,20,21);1H. The molecule has 7 heteroatoms. The second-order valence-electron chi connectivity index (χ2n) is 5.41. The number of aliphatic imine (C=N–C) groups is 1. The first-order valence-electron chi connectivity index (χ1n) is 7.50. The van der Waals surface area contributed by atoms with Gasteiger partial charge in [0.05, 0.1) is 23.9 Å². The highest BCUT2D eigenvalue weighted by Gasteiger charge is 2.06. The van der Waals surface area contributed by atoms with Gasteiger partial charge in [-0.05, 0) is 23.6 Å². The van der Waals surface area contributed by atoms with E-state index in [1.807, 2.05) is 24.3 Å². The summed E-state index contributed by atoms with van der Waals surface area (Å²) in [5.41, 5.74) is 2.90. The van der Waals surface area contributed by atoms with Crippen molar-refractivity contribution in [2.24, 2.45) is 4.99 Å². The second kappa shape index (κ2) is 10.3. The molecule has 1 heterocycles. The van der Waals surface area contributed by atoms with Crippen molar-refractivity contribution in [1.29, 1.82) is 5.26 Å². The SMILES string of the molecule is CN=C(NCc1ccc(C#N)cc1)NCc1nc(C(C)C)cs1.I. The molecular formula is C17H22IN5S. The summed E-state index contributed by atoms with van der Waals surface area (Å²) in [5, 5.41) is 18.5. The molecule has 0 aliphatic carbocycles. The molecule has 0 amide bonds. The number of guanidine groups is 1. The molecule has 1 aromatic heterocycles. The van der Waals surface area contributed by atoms with E-state index in [2.05, 4.69) is 45.9 Å². The summed E-state index contributed by atoms with van der Waals surface area (Å²) < 4.78 is 0. The Morgan fingerprint density at radius 1 is 1.25 bits per heavy atom. The zero-order valence-corrected chi connectivity index (χ0v) is 17.2. The average Bonchev–Trinajstić information content (AvgIpc) is 3.05. The van der Waals surface area contributed by atoms with Gasteiger partial charge in [0, 0.05) is 19.0 Å². The molecule has 24 heavy (non-hydrogen) atoms. The third-order valence-corrected chi connectivity index (χ3v) is 4.20. The summed E-state index contributed by atoms with van der Waals surface area (Å²) in [6, 6.07) is 9.63. The van der Waals surface area contributed by atoms with Crippen LogP contribution in [0.1, 0.15) is 41.6 Å². The van der Waals surface area contributed by atoms with Crippen molar-refractivity contribution in [1.82, 2.24) is 15.6 Å². The van der Waals surface area contributed by atoms with Gasteiger partial charge < -0.3 is 10.6 Å². The number of hydrogen-bond acceptors (Lipinski definition) is 4. The minimum atomic E-state index is 0. The van der Waals surface area contributed by atoms with E-state index < -0.39 is 0 Å². The van der Waals surface area contributed by atoms with Gasteiger partial charge in [-0.1, -0.05) is 26.0 Å². The van der Waals surface area contributed by atoms with Crippen LogP contribution in [0.3, 0.4) is 0 Å². The molecule has 0 aliphatic rings. The maximum absolute atomic E-state index is 8.80. The lowest BCUT2D eigenvalue weighted by Gasteiger charge is -2.11. The fourth-order valence-electron chi connectivity index (χ4n) is 1.93. The number of rotatable bonds is 5. The van der Waals surface area contributed by atoms with Crippen molar-refractivity contribution < 1.29 is 0 Å². The van der Waals surface area contributed by atoms with Crippen LogP contribution in [0, 0.1) is 11.3 Å². The minimum Gasteiger partial charge on any atom is -0.352 e. The highest BCUT2D eigenvalue weighted by molar-refractivity contribution is 14.0. The maximum atomic E-state index is 8.80. The van der Waals surface area contributed by atoms with Gasteiger partial charge in [0.2, 0.25) is 0 Å². The van der Waals surface area contributed by atoms with Crippen LogP contribution in [0.15, 0.2) is 34.6 Å². The first-order valence-corrected chi connectivity index (χ1v) is 8.38. The Kier molecular flexibility index (Phi) is 8.71. The number of benzene rings is 1. The molecule has 0 saturated heterocycles. The summed E-state index contributed by atoms with van der Waals surface area (Å²) in [6.07, 6.45) is 0. The van der Waals surface area contributed by atoms with Crippen molar-refractivity contribution in [3.8, 4) is 6.07 Å². The number of hydrogen-bond donors (Lipinski definition) is 2. The van der Waals surface area contributed by atoms with E-state index in [1.54, 1.807) is 18.4 Å². The molecule has 2 aromatic rings. The van der Waals surface area contributed by atoms with Crippen LogP contribution in [0.2, 0.25) is 0 Å². The highest BCUT2D eigenvalue weighted by Crippen LogP contribution is 2.17. The number of halogens is 1. The molecule has 0 bridgehead atoms. The molecule has 0 saturated carbocycles. The van der Waals surface area contributed by atoms with Gasteiger partial charge in [0.15, 0.2) is 5.96 Å². The van der Waals surface area contributed by atoms with Gasteiger partial charge in [-0.3, -0.25) is 4.99 Å². The van der Waals surface area contributed by atoms with Crippen LogP contribution >= 0.6 is 35.3 Å². The minimum absolute atomic E-state index is 0. The van der Waals surface area contributed by atoms with E-state index in [-0.39, 0.29) is 24.0 Å². The van der Waals surface area contributed by atoms with Crippen LogP contribution in [-0.2, 0) is 13.1 Å². The number of nitrogens with one attached hydrogen (secondary N) is 2. The predicted molar refractivity (Wildman–Crippen MR) is 110 cm³/mol. The van der Waals surface area contributed by atoms with E-state index in [0.29, 0.717) is 24.6 Å². The molecule has 1 aromatic carbocycles. The molecule has 2 N–H and O–H groups in total. The van der Waals surface area contributed by atoms with E-state index >= 15 is 0 Å². The molecule has 5 nitrogen and oxygen atoms in total. The Morgan fingerprint density at radius 3 is 2.46 bits per heavy atom.